The number of carbonyl (C=O) groups is 1. The van der Waals surface area contributed by atoms with Gasteiger partial charge in [-0.3, -0.25) is 9.69 Å². The van der Waals surface area contributed by atoms with E-state index < -0.39 is 9.84 Å². The monoisotopic (exact) mass is 514 g/mol. The predicted octanol–water partition coefficient (Wildman–Crippen LogP) is 6.34. The number of amides is 1. The molecule has 180 valence electrons. The molecule has 6 nitrogen and oxygen atoms in total. The highest BCUT2D eigenvalue weighted by Crippen LogP contribution is 2.33. The summed E-state index contributed by atoms with van der Waals surface area (Å²) in [5.74, 6) is 1.12. The van der Waals surface area contributed by atoms with Gasteiger partial charge in [0.05, 0.1) is 21.7 Å². The molecule has 1 amide bonds. The Bertz CT molecular complexity index is 1620. The van der Waals surface area contributed by atoms with E-state index in [1.54, 1.807) is 41.3 Å². The Hall–Kier alpha value is -4.01. The van der Waals surface area contributed by atoms with Gasteiger partial charge in [0.2, 0.25) is 0 Å². The average Bonchev–Trinajstić information content (AvgIpc) is 3.31. The van der Waals surface area contributed by atoms with E-state index in [0.29, 0.717) is 39.0 Å². The first-order chi connectivity index (χ1) is 17.4. The Balaban J connectivity index is 1.48. The second-order valence-corrected chi connectivity index (χ2v) is 11.2. The molecule has 8 heteroatoms. The van der Waals surface area contributed by atoms with Crippen LogP contribution in [-0.4, -0.2) is 25.6 Å². The van der Waals surface area contributed by atoms with Crippen LogP contribution in [0.1, 0.15) is 15.9 Å². The number of para-hydroxylation sites is 1. The number of ether oxygens (including phenoxy) is 1. The average molecular weight is 515 g/mol. The molecule has 0 spiro atoms. The quantitative estimate of drug-likeness (QED) is 0.253. The van der Waals surface area contributed by atoms with Crippen LogP contribution in [0, 0.1) is 0 Å². The van der Waals surface area contributed by atoms with Crippen LogP contribution in [-0.2, 0) is 16.4 Å². The molecule has 0 aliphatic rings. The maximum Gasteiger partial charge on any atom is 0.260 e. The molecule has 4 aromatic carbocycles. The van der Waals surface area contributed by atoms with Gasteiger partial charge >= 0.3 is 0 Å². The first-order valence-corrected chi connectivity index (χ1v) is 13.9. The molecule has 36 heavy (non-hydrogen) atoms. The van der Waals surface area contributed by atoms with Crippen molar-refractivity contribution in [3.63, 3.8) is 0 Å². The van der Waals surface area contributed by atoms with Gasteiger partial charge in [-0.25, -0.2) is 13.4 Å². The first kappa shape index (κ1) is 23.7. The third-order valence-electron chi connectivity index (χ3n) is 5.52. The third-order valence-corrected chi connectivity index (χ3v) is 7.67. The van der Waals surface area contributed by atoms with Gasteiger partial charge in [-0.05, 0) is 60.2 Å². The third kappa shape index (κ3) is 5.30. The topological polar surface area (TPSA) is 76.6 Å². The molecule has 1 heterocycles. The number of aromatic nitrogens is 1. The fraction of sp³-hybridized carbons (Fsp3) is 0.0714. The number of fused-ring (bicyclic) bond motifs is 1. The van der Waals surface area contributed by atoms with E-state index in [2.05, 4.69) is 4.98 Å². The lowest BCUT2D eigenvalue weighted by Crippen LogP contribution is -2.30. The molecule has 0 bridgehead atoms. The van der Waals surface area contributed by atoms with Crippen molar-refractivity contribution in [1.82, 2.24) is 4.98 Å². The lowest BCUT2D eigenvalue weighted by molar-refractivity contribution is 0.0985. The zero-order chi connectivity index (χ0) is 25.1. The van der Waals surface area contributed by atoms with Crippen LogP contribution < -0.4 is 9.64 Å². The number of carbonyl (C=O) groups excluding carboxylic acids is 1. The van der Waals surface area contributed by atoms with E-state index in [0.717, 1.165) is 5.56 Å². The molecule has 0 saturated heterocycles. The minimum absolute atomic E-state index is 0.215. The number of nitrogens with zero attached hydrogens (tertiary/aromatic N) is 2. The zero-order valence-electron chi connectivity index (χ0n) is 19.4. The summed E-state index contributed by atoms with van der Waals surface area (Å²) in [4.78, 5) is 20.2. The number of anilines is 1. The van der Waals surface area contributed by atoms with Crippen molar-refractivity contribution in [2.24, 2.45) is 0 Å². The lowest BCUT2D eigenvalue weighted by Gasteiger charge is -2.20. The minimum Gasteiger partial charge on any atom is -0.457 e. The smallest absolute Gasteiger partial charge is 0.260 e. The summed E-state index contributed by atoms with van der Waals surface area (Å²) in [6, 6.07) is 30.9. The van der Waals surface area contributed by atoms with Gasteiger partial charge in [-0.2, -0.15) is 0 Å². The number of thiazole rings is 1. The molecule has 0 radical (unpaired) electrons. The van der Waals surface area contributed by atoms with Crippen LogP contribution in [0.2, 0.25) is 0 Å². The number of hydrogen-bond acceptors (Lipinski definition) is 6. The van der Waals surface area contributed by atoms with Crippen LogP contribution in [0.3, 0.4) is 0 Å². The Kier molecular flexibility index (Phi) is 6.54. The van der Waals surface area contributed by atoms with Crippen molar-refractivity contribution in [2.45, 2.75) is 11.4 Å². The summed E-state index contributed by atoms with van der Waals surface area (Å²) in [6.45, 7) is 0.320. The van der Waals surface area contributed by atoms with E-state index in [4.69, 9.17) is 4.74 Å². The Morgan fingerprint density at radius 2 is 1.50 bits per heavy atom. The van der Waals surface area contributed by atoms with Gasteiger partial charge in [0.15, 0.2) is 15.0 Å². The molecule has 0 aliphatic carbocycles. The van der Waals surface area contributed by atoms with Crippen LogP contribution in [0.15, 0.2) is 108 Å². The Labute approximate surface area is 213 Å². The van der Waals surface area contributed by atoms with Crippen molar-refractivity contribution >= 4 is 42.4 Å². The SMILES string of the molecule is CS(=O)(=O)c1ccc2nc(N(Cc3ccccc3)C(=O)c3ccc(Oc4ccccc4)cc3)sc2c1. The molecule has 0 aliphatic heterocycles. The van der Waals surface area contributed by atoms with E-state index in [1.165, 1.54) is 23.7 Å². The summed E-state index contributed by atoms with van der Waals surface area (Å²) in [7, 11) is -3.35. The molecule has 0 saturated carbocycles. The predicted molar refractivity (Wildman–Crippen MR) is 143 cm³/mol. The largest absolute Gasteiger partial charge is 0.457 e. The van der Waals surface area contributed by atoms with Crippen molar-refractivity contribution in [1.29, 1.82) is 0 Å². The molecular weight excluding hydrogens is 492 g/mol. The van der Waals surface area contributed by atoms with E-state index in [9.17, 15) is 13.2 Å². The first-order valence-electron chi connectivity index (χ1n) is 11.2. The second-order valence-electron chi connectivity index (χ2n) is 8.21. The van der Waals surface area contributed by atoms with E-state index >= 15 is 0 Å². The minimum atomic E-state index is -3.35. The number of sulfone groups is 1. The van der Waals surface area contributed by atoms with Crippen molar-refractivity contribution < 1.29 is 17.9 Å². The summed E-state index contributed by atoms with van der Waals surface area (Å²) >= 11 is 1.29. The fourth-order valence-electron chi connectivity index (χ4n) is 3.68. The highest BCUT2D eigenvalue weighted by Gasteiger charge is 2.22. The standard InChI is InChI=1S/C28H22N2O4S2/c1-36(32,33)24-16-17-25-26(18-24)35-28(29-25)30(19-20-8-4-2-5-9-20)27(31)21-12-14-23(15-13-21)34-22-10-6-3-7-11-22/h2-18H,19H2,1H3. The normalized spacial score (nSPS) is 11.4. The van der Waals surface area contributed by atoms with Gasteiger partial charge in [0.25, 0.3) is 5.91 Å². The van der Waals surface area contributed by atoms with Crippen LogP contribution in [0.5, 0.6) is 11.5 Å². The van der Waals surface area contributed by atoms with Crippen LogP contribution in [0.25, 0.3) is 10.2 Å². The van der Waals surface area contributed by atoms with Crippen LogP contribution in [0.4, 0.5) is 5.13 Å². The summed E-state index contributed by atoms with van der Waals surface area (Å²) in [5.41, 5.74) is 2.08. The van der Waals surface area contributed by atoms with Gasteiger partial charge < -0.3 is 4.74 Å². The fourth-order valence-corrected chi connectivity index (χ4v) is 5.40. The molecule has 5 rings (SSSR count). The Morgan fingerprint density at radius 1 is 0.861 bits per heavy atom. The number of hydrogen-bond donors (Lipinski definition) is 0. The van der Waals surface area contributed by atoms with Crippen LogP contribution >= 0.6 is 11.3 Å². The van der Waals surface area contributed by atoms with Crippen molar-refractivity contribution in [3.8, 4) is 11.5 Å². The molecular formula is C28H22N2O4S2. The number of benzene rings is 4. The van der Waals surface area contributed by atoms with Gasteiger partial charge in [-0.1, -0.05) is 59.9 Å². The molecule has 1 aromatic heterocycles. The maximum atomic E-state index is 13.7. The highest BCUT2D eigenvalue weighted by atomic mass is 32.2. The Morgan fingerprint density at radius 3 is 2.17 bits per heavy atom. The lowest BCUT2D eigenvalue weighted by atomic mass is 10.1. The molecule has 0 atom stereocenters. The molecule has 0 N–H and O–H groups in total. The second kappa shape index (κ2) is 9.93. The van der Waals surface area contributed by atoms with Gasteiger partial charge in [0, 0.05) is 11.8 Å². The van der Waals surface area contributed by atoms with Crippen molar-refractivity contribution in [3.05, 3.63) is 114 Å². The molecule has 0 fully saturated rings. The maximum absolute atomic E-state index is 13.7. The van der Waals surface area contributed by atoms with Gasteiger partial charge in [0.1, 0.15) is 11.5 Å². The molecule has 5 aromatic rings. The summed E-state index contributed by atoms with van der Waals surface area (Å²) in [5, 5.41) is 0.495. The van der Waals surface area contributed by atoms with E-state index in [-0.39, 0.29) is 10.8 Å². The van der Waals surface area contributed by atoms with Gasteiger partial charge in [-0.15, -0.1) is 0 Å². The molecule has 0 unspecified atom stereocenters. The van der Waals surface area contributed by atoms with Crippen molar-refractivity contribution in [2.75, 3.05) is 11.2 Å². The summed E-state index contributed by atoms with van der Waals surface area (Å²) < 4.78 is 30.6. The van der Waals surface area contributed by atoms with E-state index in [1.807, 2.05) is 60.7 Å². The summed E-state index contributed by atoms with van der Waals surface area (Å²) in [6.07, 6.45) is 1.17. The number of rotatable bonds is 7. The highest BCUT2D eigenvalue weighted by molar-refractivity contribution is 7.90. The zero-order valence-corrected chi connectivity index (χ0v) is 21.0.